The number of hydrogen-bond donors (Lipinski definition) is 1. The van der Waals surface area contributed by atoms with E-state index in [9.17, 15) is 9.90 Å². The summed E-state index contributed by atoms with van der Waals surface area (Å²) in [5, 5.41) is 14.3. The minimum Gasteiger partial charge on any atom is -0.393 e. The van der Waals surface area contributed by atoms with Crippen molar-refractivity contribution in [3.05, 3.63) is 10.4 Å². The van der Waals surface area contributed by atoms with Crippen molar-refractivity contribution in [2.45, 2.75) is 77.4 Å². The van der Waals surface area contributed by atoms with Crippen LogP contribution in [0, 0.1) is 34.5 Å². The minimum atomic E-state index is -0.488. The zero-order valence-electron chi connectivity index (χ0n) is 14.8. The lowest BCUT2D eigenvalue weighted by molar-refractivity contribution is -0.144. The summed E-state index contributed by atoms with van der Waals surface area (Å²) in [4.78, 5) is 15.4. The first-order chi connectivity index (χ1) is 11.4. The molecule has 0 spiro atoms. The summed E-state index contributed by atoms with van der Waals surface area (Å²) in [6.45, 7) is 4.59. The van der Waals surface area contributed by atoms with Crippen molar-refractivity contribution < 1.29 is 9.90 Å². The third-order valence-corrected chi connectivity index (χ3v) is 8.59. The Hall–Kier alpha value is -1.06. The number of ketones is 1. The van der Waals surface area contributed by atoms with Gasteiger partial charge < -0.3 is 5.11 Å². The summed E-state index contributed by atoms with van der Waals surface area (Å²) in [6.07, 6.45) is 7.42. The predicted octanol–water partition coefficient (Wildman–Crippen LogP) is 4.25. The van der Waals surface area contributed by atoms with Gasteiger partial charge in [0.2, 0.25) is 0 Å². The molecule has 5 heteroatoms. The second kappa shape index (κ2) is 5.47. The van der Waals surface area contributed by atoms with Crippen molar-refractivity contribution in [1.82, 2.24) is 0 Å². The van der Waals surface area contributed by atoms with Crippen molar-refractivity contribution in [2.75, 3.05) is 0 Å². The SMILES string of the molecule is C[C@]12C[C@H](N=[N+]=[N-])[C@H](O)C[C@H]1CC[C@@H]1[C@@H]2CC[C@]2(C)C(=O)CC[C@@H]12. The van der Waals surface area contributed by atoms with Crippen molar-refractivity contribution >= 4 is 5.78 Å². The Balaban J connectivity index is 1.65. The van der Waals surface area contributed by atoms with E-state index in [0.717, 1.165) is 44.9 Å². The van der Waals surface area contributed by atoms with Gasteiger partial charge in [-0.25, -0.2) is 0 Å². The van der Waals surface area contributed by atoms with Crippen LogP contribution in [-0.4, -0.2) is 23.0 Å². The zero-order valence-corrected chi connectivity index (χ0v) is 14.8. The van der Waals surface area contributed by atoms with E-state index in [0.29, 0.717) is 29.5 Å². The fraction of sp³-hybridized carbons (Fsp3) is 0.947. The highest BCUT2D eigenvalue weighted by molar-refractivity contribution is 5.87. The number of aliphatic hydroxyl groups excluding tert-OH is 1. The van der Waals surface area contributed by atoms with E-state index in [1.54, 1.807) is 0 Å². The Kier molecular flexibility index (Phi) is 3.74. The van der Waals surface area contributed by atoms with Crippen molar-refractivity contribution in [2.24, 2.45) is 39.6 Å². The molecule has 4 aliphatic carbocycles. The maximum absolute atomic E-state index is 12.5. The molecule has 8 atom stereocenters. The van der Waals surface area contributed by atoms with Gasteiger partial charge in [0.05, 0.1) is 12.1 Å². The Morgan fingerprint density at radius 1 is 1.21 bits per heavy atom. The van der Waals surface area contributed by atoms with Crippen LogP contribution in [0.1, 0.15) is 65.2 Å². The molecular weight excluding hydrogens is 302 g/mol. The molecule has 4 rings (SSSR count). The van der Waals surface area contributed by atoms with Gasteiger partial charge in [-0.15, -0.1) is 0 Å². The van der Waals surface area contributed by atoms with Crippen LogP contribution in [-0.2, 0) is 4.79 Å². The number of nitrogens with zero attached hydrogens (tertiary/aromatic N) is 3. The Morgan fingerprint density at radius 3 is 2.75 bits per heavy atom. The average molecular weight is 331 g/mol. The van der Waals surface area contributed by atoms with Gasteiger partial charge >= 0.3 is 0 Å². The van der Waals surface area contributed by atoms with Gasteiger partial charge in [0.1, 0.15) is 5.78 Å². The molecule has 0 saturated heterocycles. The normalized spacial score (nSPS) is 53.5. The number of aliphatic hydroxyl groups is 1. The van der Waals surface area contributed by atoms with E-state index in [1.165, 1.54) is 6.42 Å². The van der Waals surface area contributed by atoms with Gasteiger partial charge in [0, 0.05) is 16.7 Å². The number of carbonyl (C=O) groups excluding carboxylic acids is 1. The molecule has 4 fully saturated rings. The fourth-order valence-electron chi connectivity index (χ4n) is 7.23. The van der Waals surface area contributed by atoms with Gasteiger partial charge in [-0.3, -0.25) is 4.79 Å². The first-order valence-corrected chi connectivity index (χ1v) is 9.65. The first kappa shape index (κ1) is 16.4. The molecule has 4 aliphatic rings. The van der Waals surface area contributed by atoms with E-state index in [4.69, 9.17) is 5.53 Å². The molecule has 5 nitrogen and oxygen atoms in total. The van der Waals surface area contributed by atoms with Crippen LogP contribution in [0.2, 0.25) is 0 Å². The summed E-state index contributed by atoms with van der Waals surface area (Å²) in [6, 6.07) is -0.284. The summed E-state index contributed by atoms with van der Waals surface area (Å²) in [5.41, 5.74) is 8.91. The molecule has 0 aromatic rings. The average Bonchev–Trinajstić information content (AvgIpc) is 2.85. The third-order valence-electron chi connectivity index (χ3n) is 8.59. The molecule has 0 unspecified atom stereocenters. The molecular formula is C19H29N3O2. The smallest absolute Gasteiger partial charge is 0.139 e. The number of carbonyl (C=O) groups is 1. The van der Waals surface area contributed by atoms with E-state index >= 15 is 0 Å². The minimum absolute atomic E-state index is 0.0806. The highest BCUT2D eigenvalue weighted by Crippen LogP contribution is 2.65. The second-order valence-corrected chi connectivity index (χ2v) is 9.35. The molecule has 0 heterocycles. The van der Waals surface area contributed by atoms with Crippen LogP contribution in [0.3, 0.4) is 0 Å². The summed E-state index contributed by atoms with van der Waals surface area (Å²) in [5.74, 6) is 2.82. The van der Waals surface area contributed by atoms with Gasteiger partial charge in [-0.05, 0) is 79.6 Å². The highest BCUT2D eigenvalue weighted by Gasteiger charge is 2.61. The van der Waals surface area contributed by atoms with Crippen LogP contribution >= 0.6 is 0 Å². The molecule has 1 N–H and O–H groups in total. The van der Waals surface area contributed by atoms with Crippen molar-refractivity contribution in [1.29, 1.82) is 0 Å². The maximum atomic E-state index is 12.5. The molecule has 0 radical (unpaired) electrons. The standard InChI is InChI=1S/C19H29N3O2/c1-18-8-7-14-12(13(18)5-6-17(18)24)4-3-11-9-16(23)15(21-22-20)10-19(11,14)2/h11-16,23H,3-10H2,1-2H3/t11-,12+,13+,14+,15+,16-,18+,19+/m1/s1. The van der Waals surface area contributed by atoms with E-state index in [2.05, 4.69) is 23.9 Å². The molecule has 132 valence electrons. The highest BCUT2D eigenvalue weighted by atomic mass is 16.3. The van der Waals surface area contributed by atoms with Gasteiger partial charge in [-0.1, -0.05) is 19.0 Å². The zero-order chi connectivity index (χ0) is 17.1. The molecule has 4 saturated carbocycles. The largest absolute Gasteiger partial charge is 0.393 e. The molecule has 0 aromatic carbocycles. The Morgan fingerprint density at radius 2 is 2.00 bits per heavy atom. The van der Waals surface area contributed by atoms with Gasteiger partial charge in [-0.2, -0.15) is 0 Å². The Bertz CT molecular complexity index is 601. The predicted molar refractivity (Wildman–Crippen MR) is 91.1 cm³/mol. The van der Waals surface area contributed by atoms with Gasteiger partial charge in [0.25, 0.3) is 0 Å². The van der Waals surface area contributed by atoms with E-state index < -0.39 is 6.10 Å². The number of azide groups is 1. The molecule has 0 aliphatic heterocycles. The van der Waals surface area contributed by atoms with Crippen LogP contribution in [0.25, 0.3) is 10.4 Å². The number of fused-ring (bicyclic) bond motifs is 5. The van der Waals surface area contributed by atoms with Crippen LogP contribution < -0.4 is 0 Å². The summed E-state index contributed by atoms with van der Waals surface area (Å²) in [7, 11) is 0. The van der Waals surface area contributed by atoms with E-state index in [-0.39, 0.29) is 16.9 Å². The molecule has 0 bridgehead atoms. The fourth-order valence-corrected chi connectivity index (χ4v) is 7.23. The number of Topliss-reactive ketones (excluding diaryl/α,β-unsaturated/α-hetero) is 1. The number of rotatable bonds is 1. The topological polar surface area (TPSA) is 86.1 Å². The lowest BCUT2D eigenvalue weighted by Crippen LogP contribution is -2.56. The molecule has 0 aromatic heterocycles. The Labute approximate surface area is 143 Å². The quantitative estimate of drug-likeness (QED) is 0.442. The summed E-state index contributed by atoms with van der Waals surface area (Å²) < 4.78 is 0. The lowest BCUT2D eigenvalue weighted by atomic mass is 9.45. The van der Waals surface area contributed by atoms with Crippen molar-refractivity contribution in [3.8, 4) is 0 Å². The second-order valence-electron chi connectivity index (χ2n) is 9.35. The van der Waals surface area contributed by atoms with Gasteiger partial charge in [0.15, 0.2) is 0 Å². The van der Waals surface area contributed by atoms with Crippen molar-refractivity contribution in [3.63, 3.8) is 0 Å². The van der Waals surface area contributed by atoms with E-state index in [1.807, 2.05) is 0 Å². The maximum Gasteiger partial charge on any atom is 0.139 e. The summed E-state index contributed by atoms with van der Waals surface area (Å²) >= 11 is 0. The monoisotopic (exact) mass is 331 g/mol. The van der Waals surface area contributed by atoms with Crippen LogP contribution in [0.15, 0.2) is 5.11 Å². The molecule has 0 amide bonds. The number of hydrogen-bond acceptors (Lipinski definition) is 3. The van der Waals surface area contributed by atoms with Crippen LogP contribution in [0.5, 0.6) is 0 Å². The first-order valence-electron chi connectivity index (χ1n) is 9.65. The third kappa shape index (κ3) is 2.10. The molecule has 24 heavy (non-hydrogen) atoms. The lowest BCUT2D eigenvalue weighted by Gasteiger charge is -2.60. The van der Waals surface area contributed by atoms with Crippen LogP contribution in [0.4, 0.5) is 0 Å².